The Bertz CT molecular complexity index is 660. The third-order valence-electron chi connectivity index (χ3n) is 2.41. The van der Waals surface area contributed by atoms with Gasteiger partial charge < -0.3 is 0 Å². The highest BCUT2D eigenvalue weighted by molar-refractivity contribution is 6.30. The number of halogens is 3. The molecule has 0 heterocycles. The normalized spacial score (nSPS) is 9.42. The number of allylic oxidation sites excluding steroid dienone is 1. The van der Waals surface area contributed by atoms with Crippen molar-refractivity contribution in [3.8, 4) is 11.8 Å². The molecule has 0 aliphatic rings. The van der Waals surface area contributed by atoms with Gasteiger partial charge in [0.2, 0.25) is 0 Å². The van der Waals surface area contributed by atoms with Gasteiger partial charge in [-0.25, -0.2) is 0 Å². The Balaban J connectivity index is 2.40. The largest absolute Gasteiger partial charge is 0.286 e. The summed E-state index contributed by atoms with van der Waals surface area (Å²) in [5.74, 6) is 5.21. The Hall–Kier alpha value is -2.11. The molecule has 0 unspecified atom stereocenters. The molecule has 0 fully saturated rings. The van der Waals surface area contributed by atoms with E-state index in [1.807, 2.05) is 6.07 Å². The van der Waals surface area contributed by atoms with E-state index in [2.05, 4.69) is 11.8 Å². The van der Waals surface area contributed by atoms with E-state index < -0.39 is 6.08 Å². The lowest BCUT2D eigenvalue weighted by molar-refractivity contribution is 0.427. The van der Waals surface area contributed by atoms with Crippen LogP contribution in [0.3, 0.4) is 0 Å². The fourth-order valence-corrected chi connectivity index (χ4v) is 1.72. The molecule has 94 valence electrons. The summed E-state index contributed by atoms with van der Waals surface area (Å²) in [5.41, 5.74) is 0.700. The van der Waals surface area contributed by atoms with Crippen LogP contribution in [-0.4, -0.2) is 0 Å². The Kier molecular flexibility index (Phi) is 4.33. The van der Waals surface area contributed by atoms with Gasteiger partial charge in [0.25, 0.3) is 6.08 Å². The van der Waals surface area contributed by atoms with Gasteiger partial charge in [-0.3, -0.25) is 0 Å². The van der Waals surface area contributed by atoms with E-state index in [1.54, 1.807) is 42.5 Å². The van der Waals surface area contributed by atoms with E-state index in [-0.39, 0.29) is 5.57 Å². The first-order chi connectivity index (χ1) is 9.16. The maximum Gasteiger partial charge on any atom is 0.286 e. The molecular weight excluding hydrogens is 266 g/mol. The molecule has 0 spiro atoms. The molecule has 2 rings (SSSR count). The summed E-state index contributed by atoms with van der Waals surface area (Å²) in [6.07, 6.45) is -1.81. The van der Waals surface area contributed by atoms with Crippen LogP contribution in [0.1, 0.15) is 11.1 Å². The highest BCUT2D eigenvalue weighted by Crippen LogP contribution is 2.23. The number of benzene rings is 2. The molecule has 0 saturated heterocycles. The lowest BCUT2D eigenvalue weighted by atomic mass is 10.1. The van der Waals surface area contributed by atoms with Crippen molar-refractivity contribution in [1.82, 2.24) is 0 Å². The van der Waals surface area contributed by atoms with Gasteiger partial charge in [0.1, 0.15) is 0 Å². The SMILES string of the molecule is FC(F)=C(C#Cc1ccccc1)c1cccc(Cl)c1. The maximum absolute atomic E-state index is 13.0. The molecule has 0 radical (unpaired) electrons. The summed E-state index contributed by atoms with van der Waals surface area (Å²) in [5, 5.41) is 0.401. The first-order valence-electron chi connectivity index (χ1n) is 5.55. The lowest BCUT2D eigenvalue weighted by Gasteiger charge is -1.99. The number of rotatable bonds is 1. The van der Waals surface area contributed by atoms with Crippen LogP contribution in [0.25, 0.3) is 5.57 Å². The van der Waals surface area contributed by atoms with Crippen LogP contribution in [0.2, 0.25) is 5.02 Å². The van der Waals surface area contributed by atoms with Gasteiger partial charge in [-0.15, -0.1) is 0 Å². The summed E-state index contributed by atoms with van der Waals surface area (Å²) in [6, 6.07) is 15.2. The van der Waals surface area contributed by atoms with E-state index in [1.165, 1.54) is 6.07 Å². The van der Waals surface area contributed by atoms with Gasteiger partial charge in [0.05, 0.1) is 5.57 Å². The minimum atomic E-state index is -1.81. The molecule has 0 bridgehead atoms. The van der Waals surface area contributed by atoms with E-state index in [0.717, 1.165) is 0 Å². The zero-order valence-electron chi connectivity index (χ0n) is 9.83. The van der Waals surface area contributed by atoms with Gasteiger partial charge in [0, 0.05) is 10.6 Å². The average Bonchev–Trinajstić information content (AvgIpc) is 2.40. The summed E-state index contributed by atoms with van der Waals surface area (Å²) in [6.45, 7) is 0. The van der Waals surface area contributed by atoms with Crippen molar-refractivity contribution in [1.29, 1.82) is 0 Å². The molecule has 3 heteroatoms. The molecule has 0 saturated carbocycles. The van der Waals surface area contributed by atoms with Crippen molar-refractivity contribution in [2.45, 2.75) is 0 Å². The Morgan fingerprint density at radius 1 is 0.947 bits per heavy atom. The highest BCUT2D eigenvalue weighted by Gasteiger charge is 2.07. The lowest BCUT2D eigenvalue weighted by Crippen LogP contribution is -1.84. The summed E-state index contributed by atoms with van der Waals surface area (Å²) < 4.78 is 25.9. The third-order valence-corrected chi connectivity index (χ3v) is 2.64. The molecule has 19 heavy (non-hydrogen) atoms. The highest BCUT2D eigenvalue weighted by atomic mass is 35.5. The van der Waals surface area contributed by atoms with Gasteiger partial charge in [0.15, 0.2) is 0 Å². The monoisotopic (exact) mass is 274 g/mol. The molecular formula is C16H9ClF2. The van der Waals surface area contributed by atoms with E-state index in [0.29, 0.717) is 16.1 Å². The van der Waals surface area contributed by atoms with E-state index >= 15 is 0 Å². The standard InChI is InChI=1S/C16H9ClF2/c17-14-8-4-7-13(11-14)15(16(18)19)10-9-12-5-2-1-3-6-12/h1-8,11H. The van der Waals surface area contributed by atoms with E-state index in [9.17, 15) is 8.78 Å². The molecule has 0 aromatic heterocycles. The molecule has 2 aromatic rings. The van der Waals surface area contributed by atoms with Crippen LogP contribution >= 0.6 is 11.6 Å². The van der Waals surface area contributed by atoms with Crippen molar-refractivity contribution in [2.75, 3.05) is 0 Å². The summed E-state index contributed by atoms with van der Waals surface area (Å²) in [4.78, 5) is 0. The Morgan fingerprint density at radius 3 is 2.32 bits per heavy atom. The van der Waals surface area contributed by atoms with E-state index in [4.69, 9.17) is 11.6 Å². The summed E-state index contributed by atoms with van der Waals surface area (Å²) in [7, 11) is 0. The van der Waals surface area contributed by atoms with Crippen LogP contribution in [0, 0.1) is 11.8 Å². The van der Waals surface area contributed by atoms with Gasteiger partial charge in [-0.1, -0.05) is 53.8 Å². The molecule has 0 aliphatic carbocycles. The van der Waals surface area contributed by atoms with Crippen LogP contribution < -0.4 is 0 Å². The fourth-order valence-electron chi connectivity index (χ4n) is 1.53. The molecule has 0 nitrogen and oxygen atoms in total. The molecule has 0 atom stereocenters. The van der Waals surface area contributed by atoms with Crippen LogP contribution in [0.5, 0.6) is 0 Å². The number of hydrogen-bond acceptors (Lipinski definition) is 0. The first-order valence-corrected chi connectivity index (χ1v) is 5.93. The smallest absolute Gasteiger partial charge is 0.172 e. The van der Waals surface area contributed by atoms with Crippen molar-refractivity contribution in [2.24, 2.45) is 0 Å². The van der Waals surface area contributed by atoms with Gasteiger partial charge in [-0.2, -0.15) is 8.78 Å². The second kappa shape index (κ2) is 6.17. The fraction of sp³-hybridized carbons (Fsp3) is 0. The molecule has 0 aliphatic heterocycles. The zero-order valence-corrected chi connectivity index (χ0v) is 10.6. The quantitative estimate of drug-likeness (QED) is 0.642. The van der Waals surface area contributed by atoms with Crippen molar-refractivity contribution >= 4 is 17.2 Å². The summed E-state index contributed by atoms with van der Waals surface area (Å²) >= 11 is 5.80. The minimum Gasteiger partial charge on any atom is -0.172 e. The molecule has 0 N–H and O–H groups in total. The first kappa shape index (κ1) is 13.3. The Morgan fingerprint density at radius 2 is 1.68 bits per heavy atom. The third kappa shape index (κ3) is 3.67. The minimum absolute atomic E-state index is 0.300. The van der Waals surface area contributed by atoms with Crippen molar-refractivity contribution in [3.63, 3.8) is 0 Å². The van der Waals surface area contributed by atoms with Crippen molar-refractivity contribution in [3.05, 3.63) is 76.8 Å². The molecule has 2 aromatic carbocycles. The van der Waals surface area contributed by atoms with Crippen LogP contribution in [0.4, 0.5) is 8.78 Å². The molecule has 0 amide bonds. The van der Waals surface area contributed by atoms with Gasteiger partial charge in [-0.05, 0) is 29.8 Å². The van der Waals surface area contributed by atoms with Crippen LogP contribution in [0.15, 0.2) is 60.7 Å². The number of hydrogen-bond donors (Lipinski definition) is 0. The predicted molar refractivity (Wildman–Crippen MR) is 73.9 cm³/mol. The zero-order chi connectivity index (χ0) is 13.7. The Labute approximate surface area is 115 Å². The maximum atomic E-state index is 13.0. The van der Waals surface area contributed by atoms with Gasteiger partial charge >= 0.3 is 0 Å². The predicted octanol–water partition coefficient (Wildman–Crippen LogP) is 5.00. The second-order valence-electron chi connectivity index (χ2n) is 3.76. The topological polar surface area (TPSA) is 0 Å². The average molecular weight is 275 g/mol. The second-order valence-corrected chi connectivity index (χ2v) is 4.20. The van der Waals surface area contributed by atoms with Crippen molar-refractivity contribution < 1.29 is 8.78 Å². The van der Waals surface area contributed by atoms with Crippen LogP contribution in [-0.2, 0) is 0 Å².